The minimum atomic E-state index is -0.226. The Morgan fingerprint density at radius 3 is 2.41 bits per heavy atom. The molecule has 0 spiro atoms. The van der Waals surface area contributed by atoms with Gasteiger partial charge < -0.3 is 5.11 Å². The van der Waals surface area contributed by atoms with Gasteiger partial charge in [-0.2, -0.15) is 0 Å². The highest BCUT2D eigenvalue weighted by Gasteiger charge is 2.05. The van der Waals surface area contributed by atoms with Crippen molar-refractivity contribution in [3.8, 4) is 11.1 Å². The summed E-state index contributed by atoms with van der Waals surface area (Å²) in [4.78, 5) is 0. The summed E-state index contributed by atoms with van der Waals surface area (Å²) >= 11 is 0. The fourth-order valence-corrected chi connectivity index (χ4v) is 1.81. The van der Waals surface area contributed by atoms with Gasteiger partial charge in [0.15, 0.2) is 0 Å². The minimum absolute atomic E-state index is 0.0823. The van der Waals surface area contributed by atoms with Crippen molar-refractivity contribution in [1.82, 2.24) is 0 Å². The second kappa shape index (κ2) is 5.11. The Kier molecular flexibility index (Phi) is 3.55. The molecule has 0 bridgehead atoms. The lowest BCUT2D eigenvalue weighted by molar-refractivity contribution is 0.299. The van der Waals surface area contributed by atoms with Crippen LogP contribution in [0.15, 0.2) is 42.5 Å². The maximum atomic E-state index is 13.7. The summed E-state index contributed by atoms with van der Waals surface area (Å²) in [6, 6.07) is 12.7. The third-order valence-electron chi connectivity index (χ3n) is 2.79. The fourth-order valence-electron chi connectivity index (χ4n) is 1.81. The summed E-state index contributed by atoms with van der Waals surface area (Å²) in [5, 5.41) is 8.89. The summed E-state index contributed by atoms with van der Waals surface area (Å²) in [6.07, 6.45) is 0.555. The van der Waals surface area contributed by atoms with Crippen LogP contribution >= 0.6 is 0 Å². The lowest BCUT2D eigenvalue weighted by Gasteiger charge is -2.07. The molecule has 0 radical (unpaired) electrons. The van der Waals surface area contributed by atoms with E-state index < -0.39 is 0 Å². The molecule has 0 amide bonds. The molecule has 88 valence electrons. The highest BCUT2D eigenvalue weighted by atomic mass is 19.1. The van der Waals surface area contributed by atoms with Crippen LogP contribution in [0.2, 0.25) is 0 Å². The van der Waals surface area contributed by atoms with Crippen molar-refractivity contribution < 1.29 is 9.50 Å². The highest BCUT2D eigenvalue weighted by molar-refractivity contribution is 5.65. The van der Waals surface area contributed by atoms with Crippen LogP contribution in [0.1, 0.15) is 11.1 Å². The molecular formula is C15H15FO. The minimum Gasteiger partial charge on any atom is -0.396 e. The fraction of sp³-hybridized carbons (Fsp3) is 0.200. The molecule has 2 aromatic rings. The van der Waals surface area contributed by atoms with Crippen LogP contribution in [-0.2, 0) is 6.42 Å². The first-order valence-electron chi connectivity index (χ1n) is 5.67. The second-order valence-corrected chi connectivity index (χ2v) is 4.15. The van der Waals surface area contributed by atoms with E-state index >= 15 is 0 Å². The topological polar surface area (TPSA) is 20.2 Å². The highest BCUT2D eigenvalue weighted by Crippen LogP contribution is 2.24. The first kappa shape index (κ1) is 11.8. The Bertz CT molecular complexity index is 503. The molecule has 0 unspecified atom stereocenters. The molecule has 0 fully saturated rings. The molecule has 0 heterocycles. The van der Waals surface area contributed by atoms with E-state index in [0.717, 1.165) is 16.7 Å². The van der Waals surface area contributed by atoms with Crippen LogP contribution < -0.4 is 0 Å². The van der Waals surface area contributed by atoms with Gasteiger partial charge in [-0.1, -0.05) is 35.9 Å². The number of hydrogen-bond acceptors (Lipinski definition) is 1. The van der Waals surface area contributed by atoms with E-state index in [-0.39, 0.29) is 12.4 Å². The van der Waals surface area contributed by atoms with Gasteiger partial charge in [-0.3, -0.25) is 0 Å². The number of aliphatic hydroxyl groups is 1. The molecule has 0 saturated carbocycles. The van der Waals surface area contributed by atoms with Crippen LogP contribution in [0.5, 0.6) is 0 Å². The Morgan fingerprint density at radius 1 is 1.06 bits per heavy atom. The van der Waals surface area contributed by atoms with Crippen molar-refractivity contribution in [3.05, 3.63) is 59.4 Å². The van der Waals surface area contributed by atoms with Crippen LogP contribution in [-0.4, -0.2) is 11.7 Å². The van der Waals surface area contributed by atoms with E-state index in [1.54, 1.807) is 12.1 Å². The first-order chi connectivity index (χ1) is 8.20. The van der Waals surface area contributed by atoms with Crippen LogP contribution in [0.3, 0.4) is 0 Å². The Hall–Kier alpha value is -1.67. The monoisotopic (exact) mass is 230 g/mol. The van der Waals surface area contributed by atoms with Gasteiger partial charge in [-0.25, -0.2) is 4.39 Å². The molecule has 17 heavy (non-hydrogen) atoms. The number of hydrogen-bond donors (Lipinski definition) is 1. The van der Waals surface area contributed by atoms with Crippen molar-refractivity contribution in [2.75, 3.05) is 6.61 Å². The van der Waals surface area contributed by atoms with Crippen molar-refractivity contribution >= 4 is 0 Å². The summed E-state index contributed by atoms with van der Waals surface area (Å²) in [6.45, 7) is 2.08. The van der Waals surface area contributed by atoms with E-state index in [4.69, 9.17) is 5.11 Å². The molecule has 0 aliphatic rings. The zero-order valence-corrected chi connectivity index (χ0v) is 9.78. The van der Waals surface area contributed by atoms with Gasteiger partial charge in [0, 0.05) is 12.2 Å². The molecule has 0 aliphatic heterocycles. The van der Waals surface area contributed by atoms with Crippen LogP contribution in [0, 0.1) is 12.7 Å². The normalized spacial score (nSPS) is 10.5. The Labute approximate surface area is 101 Å². The SMILES string of the molecule is Cc1ccc(-c2cc(CCO)ccc2F)cc1. The molecule has 0 aliphatic carbocycles. The van der Waals surface area contributed by atoms with Gasteiger partial charge in [0.1, 0.15) is 5.82 Å². The average Bonchev–Trinajstić information content (AvgIpc) is 2.33. The molecule has 2 heteroatoms. The van der Waals surface area contributed by atoms with Crippen molar-refractivity contribution in [2.24, 2.45) is 0 Å². The molecule has 2 aromatic carbocycles. The summed E-state index contributed by atoms with van der Waals surface area (Å²) < 4.78 is 13.7. The lowest BCUT2D eigenvalue weighted by atomic mass is 10.0. The largest absolute Gasteiger partial charge is 0.396 e. The maximum Gasteiger partial charge on any atom is 0.131 e. The van der Waals surface area contributed by atoms with E-state index in [1.807, 2.05) is 31.2 Å². The smallest absolute Gasteiger partial charge is 0.131 e. The third-order valence-corrected chi connectivity index (χ3v) is 2.79. The van der Waals surface area contributed by atoms with Crippen molar-refractivity contribution in [1.29, 1.82) is 0 Å². The number of rotatable bonds is 3. The van der Waals surface area contributed by atoms with Crippen LogP contribution in [0.25, 0.3) is 11.1 Å². The van der Waals surface area contributed by atoms with Crippen molar-refractivity contribution in [2.45, 2.75) is 13.3 Å². The number of aryl methyl sites for hydroxylation is 1. The number of halogens is 1. The average molecular weight is 230 g/mol. The van der Waals surface area contributed by atoms with E-state index in [9.17, 15) is 4.39 Å². The lowest BCUT2D eigenvalue weighted by Crippen LogP contribution is -1.93. The van der Waals surface area contributed by atoms with E-state index in [2.05, 4.69) is 0 Å². The summed E-state index contributed by atoms with van der Waals surface area (Å²) in [5.41, 5.74) is 3.56. The quantitative estimate of drug-likeness (QED) is 0.857. The van der Waals surface area contributed by atoms with Gasteiger partial charge in [0.05, 0.1) is 0 Å². The van der Waals surface area contributed by atoms with Crippen LogP contribution in [0.4, 0.5) is 4.39 Å². The molecule has 0 saturated heterocycles. The van der Waals surface area contributed by atoms with E-state index in [0.29, 0.717) is 12.0 Å². The maximum absolute atomic E-state index is 13.7. The molecule has 2 rings (SSSR count). The molecule has 1 nitrogen and oxygen atoms in total. The zero-order valence-electron chi connectivity index (χ0n) is 9.78. The Morgan fingerprint density at radius 2 is 1.76 bits per heavy atom. The predicted molar refractivity (Wildman–Crippen MR) is 67.4 cm³/mol. The molecule has 0 atom stereocenters. The first-order valence-corrected chi connectivity index (χ1v) is 5.67. The third kappa shape index (κ3) is 2.71. The molecule has 1 N–H and O–H groups in total. The number of benzene rings is 2. The molecular weight excluding hydrogens is 215 g/mol. The van der Waals surface area contributed by atoms with Gasteiger partial charge in [0.25, 0.3) is 0 Å². The van der Waals surface area contributed by atoms with Gasteiger partial charge >= 0.3 is 0 Å². The van der Waals surface area contributed by atoms with E-state index in [1.165, 1.54) is 6.07 Å². The van der Waals surface area contributed by atoms with Gasteiger partial charge in [0.2, 0.25) is 0 Å². The summed E-state index contributed by atoms with van der Waals surface area (Å²) in [5.74, 6) is -0.226. The zero-order chi connectivity index (χ0) is 12.3. The summed E-state index contributed by atoms with van der Waals surface area (Å²) in [7, 11) is 0. The molecule has 0 aromatic heterocycles. The predicted octanol–water partition coefficient (Wildman–Crippen LogP) is 3.34. The number of aliphatic hydroxyl groups excluding tert-OH is 1. The Balaban J connectivity index is 2.42. The van der Waals surface area contributed by atoms with Crippen molar-refractivity contribution in [3.63, 3.8) is 0 Å². The second-order valence-electron chi connectivity index (χ2n) is 4.15. The van der Waals surface area contributed by atoms with Gasteiger partial charge in [-0.15, -0.1) is 0 Å². The van der Waals surface area contributed by atoms with Gasteiger partial charge in [-0.05, 0) is 36.6 Å². The standard InChI is InChI=1S/C15H15FO/c1-11-2-5-13(6-3-11)14-10-12(8-9-17)4-7-15(14)16/h2-7,10,17H,8-9H2,1H3.